The van der Waals surface area contributed by atoms with Crippen LogP contribution in [0, 0.1) is 0 Å². The highest BCUT2D eigenvalue weighted by atomic mass is 32.2. The molecule has 1 aliphatic rings. The molecule has 1 heterocycles. The van der Waals surface area contributed by atoms with Gasteiger partial charge in [0.05, 0.1) is 30.9 Å². The van der Waals surface area contributed by atoms with E-state index in [-0.39, 0.29) is 11.8 Å². The number of hydrogen-bond acceptors (Lipinski definition) is 5. The fourth-order valence-corrected chi connectivity index (χ4v) is 6.00. The monoisotopic (exact) mass is 389 g/mol. The van der Waals surface area contributed by atoms with Crippen LogP contribution in [-0.2, 0) is 9.84 Å². The van der Waals surface area contributed by atoms with Gasteiger partial charge >= 0.3 is 0 Å². The Balaban J connectivity index is 2.32. The topological polar surface area (TPSA) is 64.6 Å². The summed E-state index contributed by atoms with van der Waals surface area (Å²) in [5, 5.41) is 3.67. The molecule has 0 saturated carbocycles. The second-order valence-electron chi connectivity index (χ2n) is 6.98. The Labute approximate surface area is 161 Å². The summed E-state index contributed by atoms with van der Waals surface area (Å²) in [6.45, 7) is 4.07. The standard InChI is InChI=1S/C21H27NO4S/c1-5-21(6-2)14-27(23,24)19-13-18(26-4)17(25-3)12-16(19)20(22-21)15-10-8-7-9-11-15/h7-13,20,22H,5-6,14H2,1-4H3. The molecular weight excluding hydrogens is 362 g/mol. The van der Waals surface area contributed by atoms with E-state index in [2.05, 4.69) is 5.32 Å². The van der Waals surface area contributed by atoms with Crippen LogP contribution in [0.2, 0.25) is 0 Å². The molecule has 5 nitrogen and oxygen atoms in total. The lowest BCUT2D eigenvalue weighted by atomic mass is 9.90. The number of nitrogens with one attached hydrogen (secondary N) is 1. The van der Waals surface area contributed by atoms with Crippen molar-refractivity contribution in [1.29, 1.82) is 0 Å². The van der Waals surface area contributed by atoms with Crippen LogP contribution in [0.15, 0.2) is 47.4 Å². The van der Waals surface area contributed by atoms with Gasteiger partial charge in [-0.15, -0.1) is 0 Å². The maximum absolute atomic E-state index is 13.3. The molecule has 0 aromatic heterocycles. The Morgan fingerprint density at radius 2 is 1.63 bits per heavy atom. The minimum Gasteiger partial charge on any atom is -0.493 e. The van der Waals surface area contributed by atoms with Gasteiger partial charge in [-0.05, 0) is 30.0 Å². The van der Waals surface area contributed by atoms with Gasteiger partial charge in [0.15, 0.2) is 21.3 Å². The number of rotatable bonds is 5. The SMILES string of the molecule is CCC1(CC)CS(=O)(=O)c2cc(OC)c(OC)cc2C(c2ccccc2)N1. The molecule has 0 spiro atoms. The summed E-state index contributed by atoms with van der Waals surface area (Å²) in [6, 6.07) is 13.1. The normalized spacial score (nSPS) is 20.4. The molecule has 1 N–H and O–H groups in total. The molecule has 1 unspecified atom stereocenters. The summed E-state index contributed by atoms with van der Waals surface area (Å²) in [5.74, 6) is 1.00. The maximum atomic E-state index is 13.3. The predicted octanol–water partition coefficient (Wildman–Crippen LogP) is 3.73. The molecule has 3 rings (SSSR count). The van der Waals surface area contributed by atoms with Crippen molar-refractivity contribution in [2.75, 3.05) is 20.0 Å². The van der Waals surface area contributed by atoms with Crippen LogP contribution in [0.4, 0.5) is 0 Å². The van der Waals surface area contributed by atoms with Gasteiger partial charge in [0.1, 0.15) is 0 Å². The summed E-state index contributed by atoms with van der Waals surface area (Å²) in [4.78, 5) is 0.310. The first-order chi connectivity index (χ1) is 12.9. The minimum absolute atomic E-state index is 0.0544. The van der Waals surface area contributed by atoms with Crippen molar-refractivity contribution >= 4 is 9.84 Å². The van der Waals surface area contributed by atoms with E-state index in [1.807, 2.05) is 44.2 Å². The molecule has 0 saturated heterocycles. The van der Waals surface area contributed by atoms with Crippen molar-refractivity contribution in [2.45, 2.75) is 43.2 Å². The maximum Gasteiger partial charge on any atom is 0.180 e. The van der Waals surface area contributed by atoms with Gasteiger partial charge in [0.2, 0.25) is 0 Å². The van der Waals surface area contributed by atoms with E-state index in [0.717, 1.165) is 5.56 Å². The van der Waals surface area contributed by atoms with Crippen LogP contribution < -0.4 is 14.8 Å². The van der Waals surface area contributed by atoms with E-state index in [1.54, 1.807) is 19.2 Å². The Bertz CT molecular complexity index is 905. The third-order valence-electron chi connectivity index (χ3n) is 5.57. The molecule has 1 atom stereocenters. The lowest BCUT2D eigenvalue weighted by molar-refractivity contribution is 0.312. The van der Waals surface area contributed by atoms with E-state index < -0.39 is 15.4 Å². The van der Waals surface area contributed by atoms with Crippen molar-refractivity contribution in [3.8, 4) is 11.5 Å². The van der Waals surface area contributed by atoms with Gasteiger partial charge in [-0.1, -0.05) is 44.2 Å². The highest BCUT2D eigenvalue weighted by molar-refractivity contribution is 7.91. The van der Waals surface area contributed by atoms with Crippen LogP contribution in [0.25, 0.3) is 0 Å². The smallest absolute Gasteiger partial charge is 0.180 e. The highest BCUT2D eigenvalue weighted by Gasteiger charge is 2.41. The largest absolute Gasteiger partial charge is 0.493 e. The lowest BCUT2D eigenvalue weighted by Gasteiger charge is -2.34. The first-order valence-corrected chi connectivity index (χ1v) is 10.9. The van der Waals surface area contributed by atoms with E-state index in [9.17, 15) is 8.42 Å². The molecule has 6 heteroatoms. The van der Waals surface area contributed by atoms with Crippen molar-refractivity contribution in [3.63, 3.8) is 0 Å². The predicted molar refractivity (Wildman–Crippen MR) is 106 cm³/mol. The first-order valence-electron chi connectivity index (χ1n) is 9.21. The summed E-state index contributed by atoms with van der Waals surface area (Å²) >= 11 is 0. The van der Waals surface area contributed by atoms with Crippen LogP contribution in [0.1, 0.15) is 43.9 Å². The van der Waals surface area contributed by atoms with Crippen molar-refractivity contribution in [2.24, 2.45) is 0 Å². The molecule has 0 amide bonds. The summed E-state index contributed by atoms with van der Waals surface area (Å²) in [7, 11) is -0.432. The average Bonchev–Trinajstić information content (AvgIpc) is 2.80. The third kappa shape index (κ3) is 3.56. The van der Waals surface area contributed by atoms with Gasteiger partial charge in [-0.2, -0.15) is 0 Å². The molecule has 0 bridgehead atoms. The molecule has 2 aromatic carbocycles. The van der Waals surface area contributed by atoms with Gasteiger partial charge in [0, 0.05) is 11.6 Å². The number of methoxy groups -OCH3 is 2. The summed E-state index contributed by atoms with van der Waals surface area (Å²) in [5.41, 5.74) is 1.22. The van der Waals surface area contributed by atoms with Gasteiger partial charge < -0.3 is 9.47 Å². The molecule has 2 aromatic rings. The number of hydrogen-bond donors (Lipinski definition) is 1. The van der Waals surface area contributed by atoms with Gasteiger partial charge in [-0.3, -0.25) is 5.32 Å². The van der Waals surface area contributed by atoms with Crippen LogP contribution >= 0.6 is 0 Å². The summed E-state index contributed by atoms with van der Waals surface area (Å²) < 4.78 is 37.5. The third-order valence-corrected chi connectivity index (χ3v) is 7.52. The molecular formula is C21H27NO4S. The van der Waals surface area contributed by atoms with Crippen molar-refractivity contribution < 1.29 is 17.9 Å². The van der Waals surface area contributed by atoms with E-state index in [1.165, 1.54) is 7.11 Å². The zero-order valence-electron chi connectivity index (χ0n) is 16.3. The molecule has 1 aliphatic heterocycles. The zero-order chi connectivity index (χ0) is 19.7. The fraction of sp³-hybridized carbons (Fsp3) is 0.429. The van der Waals surface area contributed by atoms with Crippen molar-refractivity contribution in [1.82, 2.24) is 5.32 Å². The number of ether oxygens (including phenoxy) is 2. The lowest BCUT2D eigenvalue weighted by Crippen LogP contribution is -2.49. The van der Waals surface area contributed by atoms with E-state index in [4.69, 9.17) is 9.47 Å². The number of sulfone groups is 1. The fourth-order valence-electron chi connectivity index (χ4n) is 3.80. The summed E-state index contributed by atoms with van der Waals surface area (Å²) in [6.07, 6.45) is 1.43. The second-order valence-corrected chi connectivity index (χ2v) is 8.94. The quantitative estimate of drug-likeness (QED) is 0.844. The second kappa shape index (κ2) is 7.52. The first kappa shape index (κ1) is 19.7. The van der Waals surface area contributed by atoms with Crippen molar-refractivity contribution in [3.05, 3.63) is 53.6 Å². The zero-order valence-corrected chi connectivity index (χ0v) is 17.1. The van der Waals surface area contributed by atoms with E-state index in [0.29, 0.717) is 34.8 Å². The number of benzene rings is 2. The average molecular weight is 390 g/mol. The highest BCUT2D eigenvalue weighted by Crippen LogP contribution is 2.42. The molecule has 0 radical (unpaired) electrons. The Morgan fingerprint density at radius 1 is 1.04 bits per heavy atom. The Morgan fingerprint density at radius 3 is 2.19 bits per heavy atom. The molecule has 0 fully saturated rings. The van der Waals surface area contributed by atoms with Crippen LogP contribution in [0.5, 0.6) is 11.5 Å². The Hall–Kier alpha value is -2.05. The van der Waals surface area contributed by atoms with Crippen LogP contribution in [-0.4, -0.2) is 33.9 Å². The molecule has 27 heavy (non-hydrogen) atoms. The van der Waals surface area contributed by atoms with E-state index >= 15 is 0 Å². The van der Waals surface area contributed by atoms with Gasteiger partial charge in [0.25, 0.3) is 0 Å². The molecule has 146 valence electrons. The Kier molecular flexibility index (Phi) is 5.49. The minimum atomic E-state index is -3.51. The molecule has 0 aliphatic carbocycles. The van der Waals surface area contributed by atoms with Crippen LogP contribution in [0.3, 0.4) is 0 Å². The number of fused-ring (bicyclic) bond motifs is 1. The van der Waals surface area contributed by atoms with Gasteiger partial charge in [-0.25, -0.2) is 8.42 Å².